The highest BCUT2D eigenvalue weighted by atomic mass is 79.9. The van der Waals surface area contributed by atoms with Crippen molar-refractivity contribution in [1.29, 1.82) is 5.26 Å². The molecular weight excluding hydrogens is 468 g/mol. The van der Waals surface area contributed by atoms with E-state index in [0.29, 0.717) is 23.8 Å². The summed E-state index contributed by atoms with van der Waals surface area (Å²) in [6.45, 7) is 2.31. The van der Waals surface area contributed by atoms with E-state index in [2.05, 4.69) is 37.2 Å². The second-order valence-corrected chi connectivity index (χ2v) is 8.05. The lowest BCUT2D eigenvalue weighted by molar-refractivity contribution is 0.333. The Bertz CT molecular complexity index is 1160. The van der Waals surface area contributed by atoms with Gasteiger partial charge in [-0.15, -0.1) is 16.4 Å². The molecule has 0 aliphatic carbocycles. The number of H-pyrrole nitrogens is 1. The quantitative estimate of drug-likeness (QED) is 0.381. The van der Waals surface area contributed by atoms with Gasteiger partial charge in [0.05, 0.1) is 40.2 Å². The average Bonchev–Trinajstić information content (AvgIpc) is 3.42. The summed E-state index contributed by atoms with van der Waals surface area (Å²) >= 11 is 5.13. The number of nitrogens with zero attached hydrogens (tertiary/aromatic N) is 3. The molecule has 1 N–H and O–H groups in total. The van der Waals surface area contributed by atoms with Crippen molar-refractivity contribution in [3.8, 4) is 28.3 Å². The van der Waals surface area contributed by atoms with E-state index in [9.17, 15) is 5.26 Å². The summed E-state index contributed by atoms with van der Waals surface area (Å²) in [5, 5.41) is 19.5. The lowest BCUT2D eigenvalue weighted by atomic mass is 9.84. The molecule has 0 saturated carbocycles. The molecule has 4 rings (SSSR count). The third kappa shape index (κ3) is 3.60. The number of hydrogen-bond acceptors (Lipinski definition) is 7. The Hall–Kier alpha value is -3.09. The number of allylic oxidation sites excluding steroid dienone is 1. The van der Waals surface area contributed by atoms with Crippen molar-refractivity contribution in [1.82, 2.24) is 10.2 Å². The van der Waals surface area contributed by atoms with Crippen LogP contribution >= 0.6 is 27.3 Å². The standard InChI is InChI=1S/C21H17BrN4O3S/c1-3-28-11-24-20-13(10-23)17(12-6-7-15(27-2)14(22)9-12)18-19(16-5-4-8-30-16)25-26-21(18)29-20/h4-9,11,17H,3H2,1-2H3,(H,25,26)/b24-11+. The highest BCUT2D eigenvalue weighted by molar-refractivity contribution is 9.10. The molecule has 0 amide bonds. The van der Waals surface area contributed by atoms with Crippen LogP contribution in [0.4, 0.5) is 0 Å². The smallest absolute Gasteiger partial charge is 0.244 e. The lowest BCUT2D eigenvalue weighted by Crippen LogP contribution is -2.16. The number of rotatable bonds is 6. The molecular formula is C21H17BrN4O3S. The molecule has 1 atom stereocenters. The first kappa shape index (κ1) is 20.2. The Morgan fingerprint density at radius 3 is 2.97 bits per heavy atom. The van der Waals surface area contributed by atoms with Crippen molar-refractivity contribution >= 4 is 33.7 Å². The van der Waals surface area contributed by atoms with E-state index in [0.717, 1.165) is 26.2 Å². The first-order valence-electron chi connectivity index (χ1n) is 9.09. The van der Waals surface area contributed by atoms with Crippen molar-refractivity contribution in [3.05, 3.63) is 62.8 Å². The van der Waals surface area contributed by atoms with Crippen LogP contribution in [-0.4, -0.2) is 30.3 Å². The van der Waals surface area contributed by atoms with Gasteiger partial charge in [-0.3, -0.25) is 5.10 Å². The van der Waals surface area contributed by atoms with Crippen LogP contribution in [0.15, 0.2) is 56.6 Å². The van der Waals surface area contributed by atoms with Crippen LogP contribution in [0, 0.1) is 11.3 Å². The zero-order valence-corrected chi connectivity index (χ0v) is 18.6. The Morgan fingerprint density at radius 2 is 2.30 bits per heavy atom. The number of methoxy groups -OCH3 is 1. The first-order chi connectivity index (χ1) is 14.7. The van der Waals surface area contributed by atoms with Crippen LogP contribution in [0.2, 0.25) is 0 Å². The number of benzene rings is 1. The van der Waals surface area contributed by atoms with E-state index in [4.69, 9.17) is 14.2 Å². The summed E-state index contributed by atoms with van der Waals surface area (Å²) in [4.78, 5) is 5.23. The summed E-state index contributed by atoms with van der Waals surface area (Å²) in [5.74, 6) is 0.831. The normalized spacial score (nSPS) is 15.6. The number of hydrogen-bond donors (Lipinski definition) is 1. The largest absolute Gasteiger partial charge is 0.496 e. The van der Waals surface area contributed by atoms with Gasteiger partial charge in [0.25, 0.3) is 0 Å². The molecule has 30 heavy (non-hydrogen) atoms. The molecule has 1 aliphatic heterocycles. The van der Waals surface area contributed by atoms with E-state index in [-0.39, 0.29) is 5.88 Å². The van der Waals surface area contributed by atoms with Crippen molar-refractivity contribution < 1.29 is 14.2 Å². The van der Waals surface area contributed by atoms with Crippen molar-refractivity contribution in [3.63, 3.8) is 0 Å². The fraction of sp³-hybridized carbons (Fsp3) is 0.190. The molecule has 3 heterocycles. The second kappa shape index (κ2) is 8.73. The van der Waals surface area contributed by atoms with E-state index < -0.39 is 5.92 Å². The minimum Gasteiger partial charge on any atom is -0.496 e. The molecule has 7 nitrogen and oxygen atoms in total. The maximum Gasteiger partial charge on any atom is 0.244 e. The maximum absolute atomic E-state index is 10.0. The molecule has 1 aromatic carbocycles. The molecule has 0 fully saturated rings. The molecule has 0 radical (unpaired) electrons. The van der Waals surface area contributed by atoms with E-state index in [1.165, 1.54) is 6.40 Å². The zero-order chi connectivity index (χ0) is 21.1. The molecule has 1 aliphatic rings. The fourth-order valence-corrected chi connectivity index (χ4v) is 4.56. The predicted molar refractivity (Wildman–Crippen MR) is 118 cm³/mol. The highest BCUT2D eigenvalue weighted by Gasteiger charge is 2.36. The number of fused-ring (bicyclic) bond motifs is 1. The first-order valence-corrected chi connectivity index (χ1v) is 10.8. The van der Waals surface area contributed by atoms with Crippen LogP contribution in [0.5, 0.6) is 11.6 Å². The molecule has 0 bridgehead atoms. The number of nitrogens with one attached hydrogen (secondary N) is 1. The summed E-state index contributed by atoms with van der Waals surface area (Å²) in [7, 11) is 1.61. The molecule has 0 saturated heterocycles. The number of thiophene rings is 1. The number of ether oxygens (including phenoxy) is 3. The number of halogens is 1. The van der Waals surface area contributed by atoms with Crippen LogP contribution in [0.1, 0.15) is 24.0 Å². The molecule has 3 aromatic rings. The summed E-state index contributed by atoms with van der Waals surface area (Å²) in [6.07, 6.45) is 1.28. The number of nitriles is 1. The van der Waals surface area contributed by atoms with Crippen molar-refractivity contribution in [2.24, 2.45) is 4.99 Å². The molecule has 1 unspecified atom stereocenters. The third-order valence-electron chi connectivity index (χ3n) is 4.58. The van der Waals surface area contributed by atoms with Crippen LogP contribution in [0.3, 0.4) is 0 Å². The van der Waals surface area contributed by atoms with Gasteiger partial charge in [0.15, 0.2) is 6.40 Å². The van der Waals surface area contributed by atoms with Gasteiger partial charge in [-0.2, -0.15) is 10.3 Å². The average molecular weight is 485 g/mol. The zero-order valence-electron chi connectivity index (χ0n) is 16.2. The number of aromatic nitrogens is 2. The van der Waals surface area contributed by atoms with Gasteiger partial charge in [-0.1, -0.05) is 12.1 Å². The van der Waals surface area contributed by atoms with Crippen LogP contribution in [0.25, 0.3) is 10.6 Å². The minimum atomic E-state index is -0.425. The van der Waals surface area contributed by atoms with Gasteiger partial charge in [0.2, 0.25) is 11.8 Å². The van der Waals surface area contributed by atoms with Crippen LogP contribution < -0.4 is 9.47 Å². The maximum atomic E-state index is 10.0. The molecule has 2 aromatic heterocycles. The monoisotopic (exact) mass is 484 g/mol. The highest BCUT2D eigenvalue weighted by Crippen LogP contribution is 2.48. The summed E-state index contributed by atoms with van der Waals surface area (Å²) in [6, 6.07) is 12.0. The Balaban J connectivity index is 1.92. The van der Waals surface area contributed by atoms with E-state index in [1.54, 1.807) is 18.4 Å². The molecule has 152 valence electrons. The van der Waals surface area contributed by atoms with Gasteiger partial charge in [-0.25, -0.2) is 0 Å². The minimum absolute atomic E-state index is 0.166. The van der Waals surface area contributed by atoms with Crippen molar-refractivity contribution in [2.45, 2.75) is 12.8 Å². The predicted octanol–water partition coefficient (Wildman–Crippen LogP) is 5.23. The molecule has 9 heteroatoms. The van der Waals surface area contributed by atoms with Crippen LogP contribution in [-0.2, 0) is 4.74 Å². The Morgan fingerprint density at radius 1 is 1.43 bits per heavy atom. The van der Waals surface area contributed by atoms with E-state index in [1.807, 2.05) is 42.6 Å². The number of aliphatic imine (C=N–C) groups is 1. The van der Waals surface area contributed by atoms with Crippen molar-refractivity contribution in [2.75, 3.05) is 13.7 Å². The SMILES string of the molecule is CCO/C=N/C1=C(C#N)C(c2ccc(OC)c(Br)c2)c2c(n[nH]c2-c2cccs2)O1. The summed E-state index contributed by atoms with van der Waals surface area (Å²) in [5.41, 5.74) is 2.86. The number of aromatic amines is 1. The van der Waals surface area contributed by atoms with Gasteiger partial charge < -0.3 is 14.2 Å². The lowest BCUT2D eigenvalue weighted by Gasteiger charge is -2.24. The topological polar surface area (TPSA) is 92.5 Å². The summed E-state index contributed by atoms with van der Waals surface area (Å²) < 4.78 is 17.2. The van der Waals surface area contributed by atoms with Gasteiger partial charge in [0.1, 0.15) is 17.4 Å². The fourth-order valence-electron chi connectivity index (χ4n) is 3.27. The van der Waals surface area contributed by atoms with E-state index >= 15 is 0 Å². The Kier molecular flexibility index (Phi) is 5.88. The molecule has 0 spiro atoms. The second-order valence-electron chi connectivity index (χ2n) is 6.24. The third-order valence-corrected chi connectivity index (χ3v) is 6.09. The Labute approximate surface area is 185 Å². The van der Waals surface area contributed by atoms with Gasteiger partial charge in [-0.05, 0) is 52.0 Å². The van der Waals surface area contributed by atoms with Gasteiger partial charge >= 0.3 is 0 Å². The van der Waals surface area contributed by atoms with Gasteiger partial charge in [0, 0.05) is 0 Å².